The van der Waals surface area contributed by atoms with Crippen LogP contribution in [0.25, 0.3) is 10.9 Å². The molecule has 5 heteroatoms. The number of aromatic hydroxyl groups is 1. The molecule has 0 aliphatic heterocycles. The van der Waals surface area contributed by atoms with Crippen molar-refractivity contribution in [1.29, 1.82) is 0 Å². The number of carbonyl (C=O) groups is 1. The zero-order valence-electron chi connectivity index (χ0n) is 14.2. The largest absolute Gasteiger partial charge is 0.502 e. The van der Waals surface area contributed by atoms with Gasteiger partial charge in [-0.1, -0.05) is 48.0 Å². The molecule has 2 N–H and O–H groups in total. The lowest BCUT2D eigenvalue weighted by Crippen LogP contribution is -2.29. The van der Waals surface area contributed by atoms with E-state index in [9.17, 15) is 14.7 Å². The first-order chi connectivity index (χ1) is 12.0. The Morgan fingerprint density at radius 2 is 1.92 bits per heavy atom. The lowest BCUT2D eigenvalue weighted by Gasteiger charge is -2.12. The molecule has 1 amide bonds. The molecule has 0 bridgehead atoms. The molecule has 0 saturated heterocycles. The molecular weight excluding hydrogens is 316 g/mol. The molecule has 1 aromatic heterocycles. The molecule has 1 heterocycles. The second kappa shape index (κ2) is 6.81. The van der Waals surface area contributed by atoms with Crippen LogP contribution in [0.5, 0.6) is 5.75 Å². The minimum Gasteiger partial charge on any atom is -0.502 e. The second-order valence-corrected chi connectivity index (χ2v) is 6.10. The van der Waals surface area contributed by atoms with Crippen LogP contribution < -0.4 is 10.9 Å². The molecule has 0 saturated carbocycles. The Hall–Kier alpha value is -3.08. The van der Waals surface area contributed by atoms with Crippen molar-refractivity contribution in [1.82, 2.24) is 9.88 Å². The second-order valence-electron chi connectivity index (χ2n) is 6.10. The fourth-order valence-corrected chi connectivity index (χ4v) is 2.99. The first-order valence-electron chi connectivity index (χ1n) is 8.13. The number of aromatic nitrogens is 1. The predicted molar refractivity (Wildman–Crippen MR) is 98.1 cm³/mol. The molecule has 0 aliphatic rings. The van der Waals surface area contributed by atoms with Gasteiger partial charge in [-0.3, -0.25) is 9.59 Å². The quantitative estimate of drug-likeness (QED) is 0.769. The lowest BCUT2D eigenvalue weighted by molar-refractivity contribution is 0.0953. The maximum absolute atomic E-state index is 12.6. The van der Waals surface area contributed by atoms with Crippen molar-refractivity contribution in [2.75, 3.05) is 6.54 Å². The number of fused-ring (bicyclic) bond motifs is 1. The Balaban J connectivity index is 1.86. The summed E-state index contributed by atoms with van der Waals surface area (Å²) in [6.07, 6.45) is 0.678. The Morgan fingerprint density at radius 3 is 2.68 bits per heavy atom. The smallest absolute Gasteiger partial charge is 0.293 e. The van der Waals surface area contributed by atoms with E-state index in [1.807, 2.05) is 25.1 Å². The summed E-state index contributed by atoms with van der Waals surface area (Å²) >= 11 is 0. The third kappa shape index (κ3) is 3.26. The highest BCUT2D eigenvalue weighted by Crippen LogP contribution is 2.23. The van der Waals surface area contributed by atoms with Crippen LogP contribution in [-0.4, -0.2) is 22.1 Å². The summed E-state index contributed by atoms with van der Waals surface area (Å²) in [5.41, 5.74) is 2.34. The van der Waals surface area contributed by atoms with Crippen LogP contribution >= 0.6 is 0 Å². The van der Waals surface area contributed by atoms with Gasteiger partial charge in [-0.05, 0) is 25.0 Å². The molecule has 3 aromatic rings. The summed E-state index contributed by atoms with van der Waals surface area (Å²) < 4.78 is 1.34. The Bertz CT molecular complexity index is 1010. The van der Waals surface area contributed by atoms with E-state index in [0.717, 1.165) is 5.56 Å². The van der Waals surface area contributed by atoms with E-state index >= 15 is 0 Å². The van der Waals surface area contributed by atoms with Gasteiger partial charge in [-0.15, -0.1) is 0 Å². The van der Waals surface area contributed by atoms with Crippen molar-refractivity contribution in [3.63, 3.8) is 0 Å². The van der Waals surface area contributed by atoms with Gasteiger partial charge < -0.3 is 15.0 Å². The number of carbonyl (C=O) groups excluding carboxylic acids is 1. The highest BCUT2D eigenvalue weighted by atomic mass is 16.3. The Labute approximate surface area is 145 Å². The Morgan fingerprint density at radius 1 is 1.16 bits per heavy atom. The molecule has 25 heavy (non-hydrogen) atoms. The van der Waals surface area contributed by atoms with Crippen molar-refractivity contribution < 1.29 is 9.90 Å². The highest BCUT2D eigenvalue weighted by Gasteiger charge is 2.20. The minimum atomic E-state index is -0.581. The lowest BCUT2D eigenvalue weighted by atomic mass is 10.1. The molecule has 0 fully saturated rings. The highest BCUT2D eigenvalue weighted by molar-refractivity contribution is 6.08. The van der Waals surface area contributed by atoms with E-state index in [1.165, 1.54) is 10.1 Å². The molecule has 3 rings (SSSR count). The number of para-hydroxylation sites is 1. The van der Waals surface area contributed by atoms with E-state index in [2.05, 4.69) is 11.4 Å². The topological polar surface area (TPSA) is 71.3 Å². The number of nitrogens with zero attached hydrogens (tertiary/aromatic N) is 1. The zero-order chi connectivity index (χ0) is 18.0. The molecule has 5 nitrogen and oxygen atoms in total. The van der Waals surface area contributed by atoms with E-state index in [0.29, 0.717) is 23.9 Å². The van der Waals surface area contributed by atoms with Crippen LogP contribution in [0, 0.1) is 6.92 Å². The normalized spacial score (nSPS) is 10.8. The van der Waals surface area contributed by atoms with Crippen LogP contribution in [0.1, 0.15) is 21.5 Å². The number of hydrogen-bond donors (Lipinski definition) is 2. The molecule has 0 unspecified atom stereocenters. The van der Waals surface area contributed by atoms with Crippen molar-refractivity contribution in [3.8, 4) is 5.75 Å². The van der Waals surface area contributed by atoms with E-state index in [-0.39, 0.29) is 5.56 Å². The van der Waals surface area contributed by atoms with Gasteiger partial charge >= 0.3 is 0 Å². The number of hydrogen-bond acceptors (Lipinski definition) is 3. The Kier molecular flexibility index (Phi) is 4.57. The summed E-state index contributed by atoms with van der Waals surface area (Å²) in [5, 5.41) is 13.6. The number of amides is 1. The maximum Gasteiger partial charge on any atom is 0.293 e. The molecule has 0 atom stereocenters. The molecule has 0 spiro atoms. The van der Waals surface area contributed by atoms with Crippen molar-refractivity contribution in [2.24, 2.45) is 7.05 Å². The molecule has 0 aliphatic carbocycles. The molecule has 2 aromatic carbocycles. The monoisotopic (exact) mass is 336 g/mol. The molecular formula is C20H20N2O3. The number of rotatable bonds is 4. The standard InChI is InChI=1S/C20H20N2O3/c1-13-6-5-7-14(12-13)10-11-21-19(24)17-15-8-3-4-9-16(15)22(2)20(25)18(17)23/h3-9,12,23H,10-11H2,1-2H3,(H,21,24). The van der Waals surface area contributed by atoms with Crippen LogP contribution in [0.3, 0.4) is 0 Å². The van der Waals surface area contributed by atoms with Crippen LogP contribution in [0.2, 0.25) is 0 Å². The summed E-state index contributed by atoms with van der Waals surface area (Å²) in [6.45, 7) is 2.44. The van der Waals surface area contributed by atoms with Gasteiger partial charge in [-0.2, -0.15) is 0 Å². The van der Waals surface area contributed by atoms with Gasteiger partial charge in [-0.25, -0.2) is 0 Å². The van der Waals surface area contributed by atoms with Crippen molar-refractivity contribution in [3.05, 3.63) is 75.6 Å². The fourth-order valence-electron chi connectivity index (χ4n) is 2.99. The average molecular weight is 336 g/mol. The first-order valence-corrected chi connectivity index (χ1v) is 8.13. The summed E-state index contributed by atoms with van der Waals surface area (Å²) in [4.78, 5) is 24.8. The van der Waals surface area contributed by atoms with Crippen molar-refractivity contribution >= 4 is 16.8 Å². The van der Waals surface area contributed by atoms with E-state index in [1.54, 1.807) is 31.3 Å². The summed E-state index contributed by atoms with van der Waals surface area (Å²) in [5.74, 6) is -0.965. The maximum atomic E-state index is 12.6. The van der Waals surface area contributed by atoms with Crippen LogP contribution in [-0.2, 0) is 13.5 Å². The van der Waals surface area contributed by atoms with Gasteiger partial charge in [0, 0.05) is 19.0 Å². The summed E-state index contributed by atoms with van der Waals surface area (Å²) in [6, 6.07) is 15.1. The number of benzene rings is 2. The van der Waals surface area contributed by atoms with Crippen molar-refractivity contribution in [2.45, 2.75) is 13.3 Å². The van der Waals surface area contributed by atoms with E-state index < -0.39 is 17.2 Å². The number of aryl methyl sites for hydroxylation is 2. The van der Waals surface area contributed by atoms with Gasteiger partial charge in [0.25, 0.3) is 11.5 Å². The third-order valence-corrected chi connectivity index (χ3v) is 4.29. The third-order valence-electron chi connectivity index (χ3n) is 4.29. The SMILES string of the molecule is Cc1cccc(CCNC(=O)c2c(O)c(=O)n(C)c3ccccc23)c1. The zero-order valence-corrected chi connectivity index (χ0v) is 14.2. The fraction of sp³-hybridized carbons (Fsp3) is 0.200. The van der Waals surface area contributed by atoms with Gasteiger partial charge in [0.1, 0.15) is 0 Å². The molecule has 0 radical (unpaired) electrons. The van der Waals surface area contributed by atoms with Crippen LogP contribution in [0.15, 0.2) is 53.3 Å². The average Bonchev–Trinajstić information content (AvgIpc) is 2.60. The minimum absolute atomic E-state index is 0.0305. The van der Waals surface area contributed by atoms with Crippen LogP contribution in [0.4, 0.5) is 0 Å². The number of nitrogens with one attached hydrogen (secondary N) is 1. The van der Waals surface area contributed by atoms with Gasteiger partial charge in [0.2, 0.25) is 0 Å². The summed E-state index contributed by atoms with van der Waals surface area (Å²) in [7, 11) is 1.57. The van der Waals surface area contributed by atoms with Gasteiger partial charge in [0.05, 0.1) is 11.1 Å². The predicted octanol–water partition coefficient (Wildman–Crippen LogP) is 2.53. The van der Waals surface area contributed by atoms with Gasteiger partial charge in [0.15, 0.2) is 5.75 Å². The van der Waals surface area contributed by atoms with E-state index in [4.69, 9.17) is 0 Å². The first kappa shape index (κ1) is 16.8. The number of pyridine rings is 1. The molecule has 128 valence electrons.